The lowest BCUT2D eigenvalue weighted by molar-refractivity contribution is -0.140. The number of benzene rings is 1. The molecular formula is C19H18N2O4S. The molecule has 26 heavy (non-hydrogen) atoms. The fourth-order valence-electron chi connectivity index (χ4n) is 2.41. The van der Waals surface area contributed by atoms with E-state index < -0.39 is 0 Å². The van der Waals surface area contributed by atoms with Crippen molar-refractivity contribution in [2.75, 3.05) is 12.4 Å². The molecule has 0 fully saturated rings. The second-order valence-corrected chi connectivity index (χ2v) is 6.85. The number of aryl methyl sites for hydroxylation is 2. The van der Waals surface area contributed by atoms with Gasteiger partial charge in [0.25, 0.3) is 0 Å². The number of methoxy groups -OCH3 is 1. The van der Waals surface area contributed by atoms with Gasteiger partial charge in [0.05, 0.1) is 28.8 Å². The quantitative estimate of drug-likeness (QED) is 0.525. The lowest BCUT2D eigenvalue weighted by Crippen LogP contribution is -2.07. The Kier molecular flexibility index (Phi) is 5.48. The van der Waals surface area contributed by atoms with E-state index in [9.17, 15) is 9.59 Å². The maximum atomic E-state index is 12.1. The molecule has 1 N–H and O–H groups in total. The number of amides is 1. The van der Waals surface area contributed by atoms with E-state index in [0.717, 1.165) is 15.2 Å². The van der Waals surface area contributed by atoms with Crippen molar-refractivity contribution in [2.45, 2.75) is 19.8 Å². The van der Waals surface area contributed by atoms with E-state index in [1.54, 1.807) is 29.5 Å². The predicted octanol–water partition coefficient (Wildman–Crippen LogP) is 3.96. The smallest absolute Gasteiger partial charge is 0.305 e. The van der Waals surface area contributed by atoms with Gasteiger partial charge in [-0.25, -0.2) is 4.98 Å². The summed E-state index contributed by atoms with van der Waals surface area (Å²) < 4.78 is 11.2. The third-order valence-corrected chi connectivity index (χ3v) is 4.58. The molecular weight excluding hydrogens is 352 g/mol. The SMILES string of the molecule is COC(=O)CCc1ccc(/C=C/C(=O)Nc2ccc3nc(C)sc3c2)o1. The number of anilines is 1. The molecule has 0 saturated carbocycles. The average molecular weight is 370 g/mol. The monoisotopic (exact) mass is 370 g/mol. The van der Waals surface area contributed by atoms with E-state index in [2.05, 4.69) is 15.0 Å². The number of esters is 1. The second-order valence-electron chi connectivity index (χ2n) is 5.62. The summed E-state index contributed by atoms with van der Waals surface area (Å²) in [7, 11) is 1.35. The van der Waals surface area contributed by atoms with Gasteiger partial charge in [-0.3, -0.25) is 9.59 Å². The number of nitrogens with zero attached hydrogens (tertiary/aromatic N) is 1. The Hall–Kier alpha value is -2.93. The fraction of sp³-hybridized carbons (Fsp3) is 0.211. The van der Waals surface area contributed by atoms with Gasteiger partial charge in [-0.2, -0.15) is 0 Å². The molecule has 0 unspecified atom stereocenters. The van der Waals surface area contributed by atoms with Crippen molar-refractivity contribution in [1.29, 1.82) is 0 Å². The second kappa shape index (κ2) is 7.97. The number of carbonyl (C=O) groups excluding carboxylic acids is 2. The van der Waals surface area contributed by atoms with Crippen LogP contribution in [0.25, 0.3) is 16.3 Å². The average Bonchev–Trinajstić information content (AvgIpc) is 3.22. The number of aromatic nitrogens is 1. The highest BCUT2D eigenvalue weighted by Gasteiger charge is 2.06. The summed E-state index contributed by atoms with van der Waals surface area (Å²) in [5.41, 5.74) is 1.64. The number of hydrogen-bond acceptors (Lipinski definition) is 6. The summed E-state index contributed by atoms with van der Waals surface area (Å²) in [5, 5.41) is 3.81. The predicted molar refractivity (Wildman–Crippen MR) is 101 cm³/mol. The topological polar surface area (TPSA) is 81.4 Å². The normalized spacial score (nSPS) is 11.2. The van der Waals surface area contributed by atoms with E-state index in [4.69, 9.17) is 4.42 Å². The summed E-state index contributed by atoms with van der Waals surface area (Å²) in [6, 6.07) is 9.15. The van der Waals surface area contributed by atoms with E-state index in [1.807, 2.05) is 25.1 Å². The third kappa shape index (κ3) is 4.58. The first-order valence-electron chi connectivity index (χ1n) is 8.05. The zero-order valence-corrected chi connectivity index (χ0v) is 15.3. The Balaban J connectivity index is 1.58. The molecule has 2 heterocycles. The van der Waals surface area contributed by atoms with Gasteiger partial charge in [-0.15, -0.1) is 11.3 Å². The first-order valence-corrected chi connectivity index (χ1v) is 8.87. The number of hydrogen-bond donors (Lipinski definition) is 1. The first kappa shape index (κ1) is 17.9. The van der Waals surface area contributed by atoms with E-state index in [1.165, 1.54) is 13.2 Å². The van der Waals surface area contributed by atoms with Crippen molar-refractivity contribution in [3.05, 3.63) is 52.9 Å². The summed E-state index contributed by atoms with van der Waals surface area (Å²) in [5.74, 6) is 0.680. The van der Waals surface area contributed by atoms with Crippen LogP contribution in [-0.4, -0.2) is 24.0 Å². The minimum Gasteiger partial charge on any atom is -0.469 e. The van der Waals surface area contributed by atoms with Crippen LogP contribution in [0.15, 0.2) is 40.8 Å². The van der Waals surface area contributed by atoms with Crippen molar-refractivity contribution < 1.29 is 18.7 Å². The Morgan fingerprint density at radius 2 is 2.15 bits per heavy atom. The van der Waals surface area contributed by atoms with Crippen molar-refractivity contribution >= 4 is 45.2 Å². The van der Waals surface area contributed by atoms with Crippen molar-refractivity contribution in [3.63, 3.8) is 0 Å². The highest BCUT2D eigenvalue weighted by molar-refractivity contribution is 7.18. The molecule has 0 aliphatic rings. The van der Waals surface area contributed by atoms with Gasteiger partial charge in [0, 0.05) is 18.2 Å². The summed E-state index contributed by atoms with van der Waals surface area (Å²) in [6.07, 6.45) is 3.71. The zero-order chi connectivity index (χ0) is 18.5. The van der Waals surface area contributed by atoms with Crippen LogP contribution >= 0.6 is 11.3 Å². The number of carbonyl (C=O) groups is 2. The molecule has 0 atom stereocenters. The molecule has 3 rings (SSSR count). The molecule has 0 saturated heterocycles. The molecule has 134 valence electrons. The number of thiazole rings is 1. The molecule has 3 aromatic rings. The minimum atomic E-state index is -0.286. The van der Waals surface area contributed by atoms with Gasteiger partial charge in [-0.1, -0.05) is 0 Å². The highest BCUT2D eigenvalue weighted by atomic mass is 32.1. The maximum Gasteiger partial charge on any atom is 0.305 e. The Morgan fingerprint density at radius 3 is 2.96 bits per heavy atom. The molecule has 0 aliphatic heterocycles. The van der Waals surface area contributed by atoms with E-state index >= 15 is 0 Å². The van der Waals surface area contributed by atoms with Gasteiger partial charge in [0.1, 0.15) is 11.5 Å². The summed E-state index contributed by atoms with van der Waals surface area (Å²) in [4.78, 5) is 27.6. The van der Waals surface area contributed by atoms with Crippen LogP contribution in [0.3, 0.4) is 0 Å². The largest absolute Gasteiger partial charge is 0.469 e. The highest BCUT2D eigenvalue weighted by Crippen LogP contribution is 2.24. The molecule has 1 amide bonds. The van der Waals surface area contributed by atoms with Gasteiger partial charge in [0.15, 0.2) is 0 Å². The minimum absolute atomic E-state index is 0.252. The molecule has 0 bridgehead atoms. The van der Waals surface area contributed by atoms with Crippen LogP contribution in [0, 0.1) is 6.92 Å². The zero-order valence-electron chi connectivity index (χ0n) is 14.4. The van der Waals surface area contributed by atoms with Crippen molar-refractivity contribution in [1.82, 2.24) is 4.98 Å². The van der Waals surface area contributed by atoms with Crippen LogP contribution in [-0.2, 0) is 20.7 Å². The number of fused-ring (bicyclic) bond motifs is 1. The molecule has 0 radical (unpaired) electrons. The first-order chi connectivity index (χ1) is 12.5. The van der Waals surface area contributed by atoms with Gasteiger partial charge < -0.3 is 14.5 Å². The van der Waals surface area contributed by atoms with Gasteiger partial charge >= 0.3 is 5.97 Å². The van der Waals surface area contributed by atoms with Crippen LogP contribution in [0.5, 0.6) is 0 Å². The molecule has 2 aromatic heterocycles. The number of rotatable bonds is 6. The van der Waals surface area contributed by atoms with Crippen LogP contribution in [0.2, 0.25) is 0 Å². The van der Waals surface area contributed by atoms with Gasteiger partial charge in [-0.05, 0) is 43.3 Å². The standard InChI is InChI=1S/C19H18N2O4S/c1-12-20-16-8-3-13(11-17(16)26-12)21-18(22)9-6-14-4-5-15(25-14)7-10-19(23)24-2/h3-6,8-9,11H,7,10H2,1-2H3,(H,21,22)/b9-6+. The number of ether oxygens (including phenoxy) is 1. The molecule has 6 nitrogen and oxygen atoms in total. The maximum absolute atomic E-state index is 12.1. The fourth-order valence-corrected chi connectivity index (χ4v) is 3.27. The van der Waals surface area contributed by atoms with Crippen LogP contribution < -0.4 is 5.32 Å². The molecule has 0 aliphatic carbocycles. The van der Waals surface area contributed by atoms with E-state index in [-0.39, 0.29) is 18.3 Å². The third-order valence-electron chi connectivity index (χ3n) is 3.65. The lowest BCUT2D eigenvalue weighted by Gasteiger charge is -2.01. The number of nitrogens with one attached hydrogen (secondary N) is 1. The molecule has 7 heteroatoms. The van der Waals surface area contributed by atoms with Crippen molar-refractivity contribution in [3.8, 4) is 0 Å². The summed E-state index contributed by atoms with van der Waals surface area (Å²) >= 11 is 1.59. The summed E-state index contributed by atoms with van der Waals surface area (Å²) in [6.45, 7) is 1.95. The Labute approximate surface area is 154 Å². The van der Waals surface area contributed by atoms with Crippen LogP contribution in [0.1, 0.15) is 22.9 Å². The van der Waals surface area contributed by atoms with E-state index in [0.29, 0.717) is 23.6 Å². The van der Waals surface area contributed by atoms with Crippen molar-refractivity contribution in [2.24, 2.45) is 0 Å². The lowest BCUT2D eigenvalue weighted by atomic mass is 10.2. The molecule has 0 spiro atoms. The Morgan fingerprint density at radius 1 is 1.31 bits per heavy atom. The van der Waals surface area contributed by atoms with Crippen LogP contribution in [0.4, 0.5) is 5.69 Å². The molecule has 1 aromatic carbocycles. The van der Waals surface area contributed by atoms with Gasteiger partial charge in [0.2, 0.25) is 5.91 Å². The Bertz CT molecular complexity index is 971. The number of furan rings is 1.